The number of amides is 4. The number of nitrogens with one attached hydrogen (secondary N) is 3. The number of nitrogens with zero attached hydrogens (tertiary/aromatic N) is 3. The highest BCUT2D eigenvalue weighted by atomic mass is 19.1. The van der Waals surface area contributed by atoms with E-state index in [2.05, 4.69) is 20.9 Å². The summed E-state index contributed by atoms with van der Waals surface area (Å²) >= 11 is 0. The van der Waals surface area contributed by atoms with Gasteiger partial charge in [-0.3, -0.25) is 28.5 Å². The average Bonchev–Trinajstić information content (AvgIpc) is 3.12. The van der Waals surface area contributed by atoms with E-state index in [1.807, 2.05) is 0 Å². The highest BCUT2D eigenvalue weighted by Gasteiger charge is 2.21. The lowest BCUT2D eigenvalue weighted by molar-refractivity contribution is -0.132. The van der Waals surface area contributed by atoms with Crippen molar-refractivity contribution in [2.24, 2.45) is 0 Å². The van der Waals surface area contributed by atoms with Crippen LogP contribution >= 0.6 is 0 Å². The molecule has 6 rings (SSSR count). The number of fused-ring (bicyclic) bond motifs is 17. The molecule has 0 unspecified atom stereocenters. The third kappa shape index (κ3) is 8.81. The van der Waals surface area contributed by atoms with E-state index >= 15 is 4.39 Å². The normalized spacial score (nSPS) is 16.6. The Labute approximate surface area is 287 Å². The topological polar surface area (TPSA) is 161 Å². The van der Waals surface area contributed by atoms with Crippen molar-refractivity contribution >= 4 is 34.5 Å². The zero-order valence-electron chi connectivity index (χ0n) is 27.9. The molecular weight excluding hydrogens is 647 g/mol. The van der Waals surface area contributed by atoms with Crippen molar-refractivity contribution < 1.29 is 33.0 Å². The SMILES string of the molecule is CC[C@@H]1NC(=O)CCCN(C(=O)Cn2cnc3ccccc3c2=O)CCCNC(=O)c2ccc(OC)c(c2)Oc2ccc(cc2F)CNC1=O. The number of ether oxygens (including phenoxy) is 2. The lowest BCUT2D eigenvalue weighted by atomic mass is 10.1. The van der Waals surface area contributed by atoms with Crippen LogP contribution in [0.1, 0.15) is 48.5 Å². The molecular formula is C36H39FN6O7. The molecule has 0 saturated carbocycles. The fourth-order valence-corrected chi connectivity index (χ4v) is 5.52. The van der Waals surface area contributed by atoms with E-state index in [0.29, 0.717) is 29.3 Å². The van der Waals surface area contributed by atoms with Crippen LogP contribution < -0.4 is 31.0 Å². The molecule has 2 aliphatic rings. The Morgan fingerprint density at radius 3 is 2.58 bits per heavy atom. The standard InChI is InChI=1S/C36H39FN6O7/c1-3-27-35(47)39-20-23-11-13-29(26(37)18-23)50-31-19-24(12-14-30(31)49-2)34(46)38-15-7-17-42(16-6-10-32(44)41-27)33(45)21-43-22-40-28-9-5-4-8-25(28)36(43)48/h4-5,8-9,11-14,18-19,22,27H,3,6-7,10,15-17,20-21H2,1-2H3,(H,38,46)(H,39,47)(H,41,44)/t27-/m0/s1. The Bertz CT molecular complexity index is 1950. The van der Waals surface area contributed by atoms with Crippen molar-refractivity contribution in [2.45, 2.75) is 51.7 Å². The predicted octanol–water partition coefficient (Wildman–Crippen LogP) is 3.29. The van der Waals surface area contributed by atoms with Gasteiger partial charge in [-0.05, 0) is 67.3 Å². The first kappa shape index (κ1) is 35.5. The van der Waals surface area contributed by atoms with E-state index in [0.717, 1.165) is 0 Å². The zero-order chi connectivity index (χ0) is 35.6. The minimum atomic E-state index is -0.815. The molecule has 262 valence electrons. The van der Waals surface area contributed by atoms with Crippen LogP contribution in [0.4, 0.5) is 4.39 Å². The van der Waals surface area contributed by atoms with Gasteiger partial charge in [0, 0.05) is 38.2 Å². The first-order valence-corrected chi connectivity index (χ1v) is 16.4. The van der Waals surface area contributed by atoms with Crippen LogP contribution in [-0.2, 0) is 27.5 Å². The van der Waals surface area contributed by atoms with Crippen LogP contribution in [0.3, 0.4) is 0 Å². The molecule has 3 N–H and O–H groups in total. The number of benzene rings is 3. The number of hydrogen-bond donors (Lipinski definition) is 3. The second kappa shape index (κ2) is 16.5. The van der Waals surface area contributed by atoms with Crippen molar-refractivity contribution in [2.75, 3.05) is 26.7 Å². The minimum Gasteiger partial charge on any atom is -0.493 e. The summed E-state index contributed by atoms with van der Waals surface area (Å²) in [5.74, 6) is -1.97. The fourth-order valence-electron chi connectivity index (χ4n) is 5.52. The minimum absolute atomic E-state index is 0.00820. The van der Waals surface area contributed by atoms with Gasteiger partial charge in [-0.1, -0.05) is 25.1 Å². The van der Waals surface area contributed by atoms with Crippen LogP contribution in [0.2, 0.25) is 0 Å². The maximum Gasteiger partial charge on any atom is 0.261 e. The number of para-hydroxylation sites is 1. The molecule has 13 nitrogen and oxygen atoms in total. The molecule has 4 bridgehead atoms. The Morgan fingerprint density at radius 1 is 1.00 bits per heavy atom. The summed E-state index contributed by atoms with van der Waals surface area (Å²) in [6, 6.07) is 14.8. The molecule has 14 heteroatoms. The molecule has 4 amide bonds. The lowest BCUT2D eigenvalue weighted by Gasteiger charge is -2.23. The summed E-state index contributed by atoms with van der Waals surface area (Å²) < 4.78 is 27.5. The Morgan fingerprint density at radius 2 is 1.80 bits per heavy atom. The van der Waals surface area contributed by atoms with E-state index in [1.165, 1.54) is 42.3 Å². The van der Waals surface area contributed by atoms with E-state index in [-0.39, 0.29) is 85.8 Å². The van der Waals surface area contributed by atoms with Crippen molar-refractivity contribution in [1.29, 1.82) is 0 Å². The summed E-state index contributed by atoms with van der Waals surface area (Å²) in [6.45, 7) is 2.13. The van der Waals surface area contributed by atoms with Crippen molar-refractivity contribution in [3.63, 3.8) is 0 Å². The maximum absolute atomic E-state index is 15.1. The molecule has 2 aliphatic heterocycles. The lowest BCUT2D eigenvalue weighted by Crippen LogP contribution is -2.46. The van der Waals surface area contributed by atoms with Gasteiger partial charge >= 0.3 is 0 Å². The maximum atomic E-state index is 15.1. The number of carbonyl (C=O) groups excluding carboxylic acids is 4. The van der Waals surface area contributed by atoms with E-state index < -0.39 is 23.7 Å². The molecule has 0 fully saturated rings. The van der Waals surface area contributed by atoms with E-state index in [1.54, 1.807) is 48.2 Å². The average molecular weight is 687 g/mol. The van der Waals surface area contributed by atoms with Gasteiger partial charge in [0.2, 0.25) is 17.7 Å². The third-order valence-corrected chi connectivity index (χ3v) is 8.28. The Hall–Kier alpha value is -5.79. The van der Waals surface area contributed by atoms with Gasteiger partial charge in [-0.2, -0.15) is 0 Å². The zero-order valence-corrected chi connectivity index (χ0v) is 27.9. The number of methoxy groups -OCH3 is 1. The molecule has 1 aromatic heterocycles. The highest BCUT2D eigenvalue weighted by molar-refractivity contribution is 5.95. The second-order valence-corrected chi connectivity index (χ2v) is 11.8. The number of halogens is 1. The summed E-state index contributed by atoms with van der Waals surface area (Å²) in [6.07, 6.45) is 2.34. The van der Waals surface area contributed by atoms with Crippen molar-refractivity contribution in [3.8, 4) is 17.2 Å². The van der Waals surface area contributed by atoms with Crippen LogP contribution in [0.15, 0.2) is 71.8 Å². The summed E-state index contributed by atoms with van der Waals surface area (Å²) in [4.78, 5) is 71.2. The number of rotatable bonds is 4. The molecule has 50 heavy (non-hydrogen) atoms. The summed E-state index contributed by atoms with van der Waals surface area (Å²) in [7, 11) is 1.42. The predicted molar refractivity (Wildman–Crippen MR) is 182 cm³/mol. The summed E-state index contributed by atoms with van der Waals surface area (Å²) in [5, 5.41) is 8.68. The fraction of sp³-hybridized carbons (Fsp3) is 0.333. The first-order valence-electron chi connectivity index (χ1n) is 16.4. The van der Waals surface area contributed by atoms with Gasteiger partial charge in [0.05, 0.1) is 24.3 Å². The molecule has 1 atom stereocenters. The molecule has 0 saturated heterocycles. The van der Waals surface area contributed by atoms with Gasteiger partial charge in [0.1, 0.15) is 12.6 Å². The highest BCUT2D eigenvalue weighted by Crippen LogP contribution is 2.34. The molecule has 4 aromatic rings. The number of hydrogen-bond acceptors (Lipinski definition) is 8. The second-order valence-electron chi connectivity index (χ2n) is 11.8. The third-order valence-electron chi connectivity index (χ3n) is 8.28. The molecule has 0 radical (unpaired) electrons. The summed E-state index contributed by atoms with van der Waals surface area (Å²) in [5.41, 5.74) is 0.880. The number of aromatic nitrogens is 2. The largest absolute Gasteiger partial charge is 0.493 e. The van der Waals surface area contributed by atoms with Gasteiger partial charge in [0.15, 0.2) is 23.1 Å². The molecule has 3 aromatic carbocycles. The molecule has 3 heterocycles. The van der Waals surface area contributed by atoms with Crippen molar-refractivity contribution in [1.82, 2.24) is 30.4 Å². The Balaban J connectivity index is 1.35. The van der Waals surface area contributed by atoms with E-state index in [4.69, 9.17) is 9.47 Å². The van der Waals surface area contributed by atoms with Crippen molar-refractivity contribution in [3.05, 3.63) is 94.3 Å². The van der Waals surface area contributed by atoms with Crippen LogP contribution in [-0.4, -0.2) is 70.9 Å². The number of carbonyl (C=O) groups is 4. The Kier molecular flexibility index (Phi) is 11.8. The van der Waals surface area contributed by atoms with Crippen LogP contribution in [0.25, 0.3) is 10.9 Å². The van der Waals surface area contributed by atoms with E-state index in [9.17, 15) is 24.0 Å². The molecule has 0 aliphatic carbocycles. The van der Waals surface area contributed by atoms with Crippen LogP contribution in [0, 0.1) is 5.82 Å². The van der Waals surface area contributed by atoms with Gasteiger partial charge in [-0.15, -0.1) is 0 Å². The molecule has 0 spiro atoms. The quantitative estimate of drug-likeness (QED) is 0.295. The van der Waals surface area contributed by atoms with Gasteiger partial charge < -0.3 is 30.3 Å². The monoisotopic (exact) mass is 686 g/mol. The van der Waals surface area contributed by atoms with Gasteiger partial charge in [-0.25, -0.2) is 9.37 Å². The van der Waals surface area contributed by atoms with Crippen LogP contribution in [0.5, 0.6) is 17.2 Å². The first-order chi connectivity index (χ1) is 24.2. The smallest absolute Gasteiger partial charge is 0.261 e. The van der Waals surface area contributed by atoms with Gasteiger partial charge in [0.25, 0.3) is 11.5 Å².